The molecule has 1 nitrogen and oxygen atoms in total. The molecule has 0 heterocycles. The lowest BCUT2D eigenvalue weighted by Crippen LogP contribution is -2.07. The third-order valence-corrected chi connectivity index (χ3v) is 3.59. The number of hydrogen-bond donors (Lipinski definition) is 0. The Bertz CT molecular complexity index is 593. The predicted molar refractivity (Wildman–Crippen MR) is 76.1 cm³/mol. The second-order valence-corrected chi connectivity index (χ2v) is 5.05. The van der Waals surface area contributed by atoms with Crippen LogP contribution >= 0.6 is 22.6 Å². The van der Waals surface area contributed by atoms with E-state index in [0.717, 1.165) is 6.07 Å². The van der Waals surface area contributed by atoms with Crippen molar-refractivity contribution in [2.75, 3.05) is 7.11 Å². The maximum Gasteiger partial charge on any atom is 0.417 e. The van der Waals surface area contributed by atoms with E-state index >= 15 is 0 Å². The number of halogens is 4. The molecule has 0 radical (unpaired) electrons. The third-order valence-electron chi connectivity index (χ3n) is 2.70. The number of methoxy groups -OCH3 is 1. The van der Waals surface area contributed by atoms with Gasteiger partial charge in [-0.1, -0.05) is 18.2 Å². The summed E-state index contributed by atoms with van der Waals surface area (Å²) < 4.78 is 44.7. The van der Waals surface area contributed by atoms with Crippen LogP contribution in [0.5, 0.6) is 5.75 Å². The van der Waals surface area contributed by atoms with Gasteiger partial charge < -0.3 is 4.74 Å². The lowest BCUT2D eigenvalue weighted by molar-refractivity contribution is -0.137. The van der Waals surface area contributed by atoms with Crippen LogP contribution in [0.2, 0.25) is 0 Å². The zero-order valence-electron chi connectivity index (χ0n) is 9.96. The predicted octanol–water partition coefficient (Wildman–Crippen LogP) is 4.99. The molecule has 0 bridgehead atoms. The molecule has 0 spiro atoms. The first-order valence-corrected chi connectivity index (χ1v) is 6.51. The molecular formula is C14H10F3IO. The van der Waals surface area contributed by atoms with E-state index in [4.69, 9.17) is 4.74 Å². The largest absolute Gasteiger partial charge is 0.497 e. The molecule has 19 heavy (non-hydrogen) atoms. The summed E-state index contributed by atoms with van der Waals surface area (Å²) in [4.78, 5) is 0. The van der Waals surface area contributed by atoms with Gasteiger partial charge in [0.2, 0.25) is 0 Å². The maximum absolute atomic E-state index is 13.0. The molecule has 0 aromatic heterocycles. The topological polar surface area (TPSA) is 9.23 Å². The smallest absolute Gasteiger partial charge is 0.417 e. The third kappa shape index (κ3) is 3.02. The van der Waals surface area contributed by atoms with Crippen molar-refractivity contribution in [2.24, 2.45) is 0 Å². The highest BCUT2D eigenvalue weighted by Crippen LogP contribution is 2.39. The normalized spacial score (nSPS) is 11.4. The minimum absolute atomic E-state index is 0.182. The average Bonchev–Trinajstić information content (AvgIpc) is 2.37. The van der Waals surface area contributed by atoms with Gasteiger partial charge >= 0.3 is 6.18 Å². The summed E-state index contributed by atoms with van der Waals surface area (Å²) in [6, 6.07) is 10.6. The first kappa shape index (κ1) is 14.2. The summed E-state index contributed by atoms with van der Waals surface area (Å²) in [6.45, 7) is 0. The van der Waals surface area contributed by atoms with Crippen molar-refractivity contribution in [3.8, 4) is 16.9 Å². The molecule has 2 rings (SSSR count). The Morgan fingerprint density at radius 3 is 2.26 bits per heavy atom. The minimum atomic E-state index is -4.36. The van der Waals surface area contributed by atoms with E-state index in [1.54, 1.807) is 24.3 Å². The van der Waals surface area contributed by atoms with Gasteiger partial charge in [-0.2, -0.15) is 13.2 Å². The van der Waals surface area contributed by atoms with E-state index in [-0.39, 0.29) is 5.56 Å². The highest BCUT2D eigenvalue weighted by Gasteiger charge is 2.33. The number of rotatable bonds is 2. The second-order valence-electron chi connectivity index (χ2n) is 3.89. The number of benzene rings is 2. The molecule has 0 aliphatic rings. The Morgan fingerprint density at radius 2 is 1.68 bits per heavy atom. The summed E-state index contributed by atoms with van der Waals surface area (Å²) in [5.74, 6) is 0.623. The molecule has 0 atom stereocenters. The van der Waals surface area contributed by atoms with Crippen molar-refractivity contribution in [1.82, 2.24) is 0 Å². The summed E-state index contributed by atoms with van der Waals surface area (Å²) in [7, 11) is 1.52. The van der Waals surface area contributed by atoms with Gasteiger partial charge in [-0.3, -0.25) is 0 Å². The van der Waals surface area contributed by atoms with Gasteiger partial charge in [0.1, 0.15) is 5.75 Å². The summed E-state index contributed by atoms with van der Waals surface area (Å²) in [6.07, 6.45) is -4.36. The summed E-state index contributed by atoms with van der Waals surface area (Å²) in [5.41, 5.74) is 0.106. The highest BCUT2D eigenvalue weighted by atomic mass is 127. The van der Waals surface area contributed by atoms with Gasteiger partial charge in [0.15, 0.2) is 0 Å². The molecule has 100 valence electrons. The van der Waals surface area contributed by atoms with E-state index in [1.165, 1.54) is 19.2 Å². The van der Waals surface area contributed by atoms with E-state index in [9.17, 15) is 13.2 Å². The fourth-order valence-electron chi connectivity index (χ4n) is 1.81. The van der Waals surface area contributed by atoms with E-state index in [1.807, 2.05) is 22.6 Å². The van der Waals surface area contributed by atoms with E-state index < -0.39 is 11.7 Å². The van der Waals surface area contributed by atoms with Crippen molar-refractivity contribution >= 4 is 22.6 Å². The van der Waals surface area contributed by atoms with Gasteiger partial charge in [-0.25, -0.2) is 0 Å². The SMILES string of the molecule is COc1ccc(-c2ccccc2C(F)(F)F)c(I)c1. The molecule has 0 N–H and O–H groups in total. The molecule has 2 aromatic rings. The second kappa shape index (κ2) is 5.40. The van der Waals surface area contributed by atoms with Crippen LogP contribution in [0.3, 0.4) is 0 Å². The Balaban J connectivity index is 2.60. The number of ether oxygens (including phenoxy) is 1. The Hall–Kier alpha value is -1.24. The van der Waals surface area contributed by atoms with Crippen LogP contribution < -0.4 is 4.74 Å². The van der Waals surface area contributed by atoms with Crippen molar-refractivity contribution in [1.29, 1.82) is 0 Å². The molecule has 0 aliphatic heterocycles. The van der Waals surface area contributed by atoms with Crippen LogP contribution in [0, 0.1) is 3.57 Å². The molecule has 0 saturated heterocycles. The monoisotopic (exact) mass is 378 g/mol. The van der Waals surface area contributed by atoms with Crippen LogP contribution in [0.4, 0.5) is 13.2 Å². The van der Waals surface area contributed by atoms with Crippen LogP contribution in [-0.2, 0) is 6.18 Å². The first-order valence-electron chi connectivity index (χ1n) is 5.43. The van der Waals surface area contributed by atoms with Crippen molar-refractivity contribution < 1.29 is 17.9 Å². The van der Waals surface area contributed by atoms with Gasteiger partial charge in [-0.15, -0.1) is 0 Å². The van der Waals surface area contributed by atoms with Gasteiger partial charge in [-0.05, 0) is 58.0 Å². The summed E-state index contributed by atoms with van der Waals surface area (Å²) in [5, 5.41) is 0. The highest BCUT2D eigenvalue weighted by molar-refractivity contribution is 14.1. The van der Waals surface area contributed by atoms with Gasteiger partial charge in [0, 0.05) is 3.57 Å². The maximum atomic E-state index is 13.0. The lowest BCUT2D eigenvalue weighted by Gasteiger charge is -2.14. The Morgan fingerprint density at radius 1 is 1.00 bits per heavy atom. The quantitative estimate of drug-likeness (QED) is 0.670. The average molecular weight is 378 g/mol. The van der Waals surface area contributed by atoms with Crippen LogP contribution in [0.15, 0.2) is 42.5 Å². The molecule has 5 heteroatoms. The number of alkyl halides is 3. The van der Waals surface area contributed by atoms with E-state index in [2.05, 4.69) is 0 Å². The molecule has 0 amide bonds. The fraction of sp³-hybridized carbons (Fsp3) is 0.143. The Labute approximate surface area is 122 Å². The molecule has 0 unspecified atom stereocenters. The zero-order valence-corrected chi connectivity index (χ0v) is 12.1. The zero-order chi connectivity index (χ0) is 14.0. The molecule has 0 aliphatic carbocycles. The molecule has 2 aromatic carbocycles. The van der Waals surface area contributed by atoms with Crippen molar-refractivity contribution in [3.63, 3.8) is 0 Å². The lowest BCUT2D eigenvalue weighted by atomic mass is 9.99. The van der Waals surface area contributed by atoms with Crippen molar-refractivity contribution in [2.45, 2.75) is 6.18 Å². The Kier molecular flexibility index (Phi) is 4.03. The van der Waals surface area contributed by atoms with Gasteiger partial charge in [0.25, 0.3) is 0 Å². The van der Waals surface area contributed by atoms with Gasteiger partial charge in [0.05, 0.1) is 12.7 Å². The van der Waals surface area contributed by atoms with Crippen molar-refractivity contribution in [3.05, 3.63) is 51.6 Å². The van der Waals surface area contributed by atoms with E-state index in [0.29, 0.717) is 14.9 Å². The molecule has 0 fully saturated rings. The minimum Gasteiger partial charge on any atom is -0.497 e. The summed E-state index contributed by atoms with van der Waals surface area (Å²) >= 11 is 2.01. The molecular weight excluding hydrogens is 368 g/mol. The number of hydrogen-bond acceptors (Lipinski definition) is 1. The van der Waals surface area contributed by atoms with Crippen LogP contribution in [0.25, 0.3) is 11.1 Å². The first-order chi connectivity index (χ1) is 8.93. The van der Waals surface area contributed by atoms with Crippen LogP contribution in [0.1, 0.15) is 5.56 Å². The standard InChI is InChI=1S/C14H10F3IO/c1-19-9-6-7-11(13(18)8-9)10-4-2-3-5-12(10)14(15,16)17/h2-8H,1H3. The van der Waals surface area contributed by atoms with Crippen LogP contribution in [-0.4, -0.2) is 7.11 Å². The fourth-order valence-corrected chi connectivity index (χ4v) is 2.58. The molecule has 0 saturated carbocycles.